The minimum atomic E-state index is -0.435. The molecule has 2 aromatic heterocycles. The Kier molecular flexibility index (Phi) is 3.76. The van der Waals surface area contributed by atoms with Gasteiger partial charge in [0.1, 0.15) is 17.5 Å². The largest absolute Gasteiger partial charge is 0.341 e. The van der Waals surface area contributed by atoms with Gasteiger partial charge < -0.3 is 10.2 Å². The highest BCUT2D eigenvalue weighted by atomic mass is 19.1. The van der Waals surface area contributed by atoms with Gasteiger partial charge in [0.2, 0.25) is 0 Å². The SMILES string of the molecule is Cc1nccc(N2CC3(CC3)c3nc(C4(NC(=O)c5ccc(F)cc5)CC4)ccc32)n1. The number of hydrogen-bond acceptors (Lipinski definition) is 5. The number of benzene rings is 1. The van der Waals surface area contributed by atoms with E-state index in [1.165, 1.54) is 24.3 Å². The third kappa shape index (κ3) is 2.99. The van der Waals surface area contributed by atoms with E-state index in [1.807, 2.05) is 19.1 Å². The van der Waals surface area contributed by atoms with Crippen molar-refractivity contribution in [2.24, 2.45) is 0 Å². The fourth-order valence-electron chi connectivity index (χ4n) is 4.59. The van der Waals surface area contributed by atoms with Gasteiger partial charge in [-0.1, -0.05) is 0 Å². The molecule has 0 bridgehead atoms. The molecule has 7 heteroatoms. The number of carbonyl (C=O) groups is 1. The van der Waals surface area contributed by atoms with Gasteiger partial charge in [-0.05, 0) is 75.1 Å². The van der Waals surface area contributed by atoms with E-state index in [0.717, 1.165) is 60.9 Å². The lowest BCUT2D eigenvalue weighted by atomic mass is 10.0. The third-order valence-corrected chi connectivity index (χ3v) is 6.72. The van der Waals surface area contributed by atoms with E-state index < -0.39 is 5.54 Å². The lowest BCUT2D eigenvalue weighted by Crippen LogP contribution is -2.35. The van der Waals surface area contributed by atoms with Crippen molar-refractivity contribution in [3.05, 3.63) is 77.3 Å². The molecule has 3 aliphatic rings. The first kappa shape index (κ1) is 18.4. The quantitative estimate of drug-likeness (QED) is 0.699. The maximum absolute atomic E-state index is 13.2. The van der Waals surface area contributed by atoms with Gasteiger partial charge in [0, 0.05) is 23.7 Å². The lowest BCUT2D eigenvalue weighted by molar-refractivity contribution is 0.0929. The molecule has 0 radical (unpaired) electrons. The molecule has 0 saturated heterocycles. The molecule has 6 nitrogen and oxygen atoms in total. The van der Waals surface area contributed by atoms with Crippen LogP contribution >= 0.6 is 0 Å². The summed E-state index contributed by atoms with van der Waals surface area (Å²) >= 11 is 0. The Morgan fingerprint density at radius 3 is 2.48 bits per heavy atom. The minimum Gasteiger partial charge on any atom is -0.341 e. The summed E-state index contributed by atoms with van der Waals surface area (Å²) in [5.41, 5.74) is 3.23. The maximum Gasteiger partial charge on any atom is 0.252 e. The van der Waals surface area contributed by atoms with Crippen LogP contribution in [0.25, 0.3) is 0 Å². The van der Waals surface area contributed by atoms with Crippen molar-refractivity contribution in [3.63, 3.8) is 0 Å². The van der Waals surface area contributed by atoms with Gasteiger partial charge in [0.05, 0.1) is 22.6 Å². The molecule has 1 spiro atoms. The highest BCUT2D eigenvalue weighted by Gasteiger charge is 2.55. The molecule has 156 valence electrons. The molecular formula is C24H22FN5O. The van der Waals surface area contributed by atoms with Crippen LogP contribution in [0.4, 0.5) is 15.9 Å². The van der Waals surface area contributed by atoms with Crippen LogP contribution in [0.15, 0.2) is 48.7 Å². The Labute approximate surface area is 179 Å². The lowest BCUT2D eigenvalue weighted by Gasteiger charge is -2.20. The topological polar surface area (TPSA) is 71.0 Å². The molecule has 3 aromatic rings. The number of carbonyl (C=O) groups excluding carboxylic acids is 1. The number of halogens is 1. The van der Waals surface area contributed by atoms with E-state index in [4.69, 9.17) is 4.98 Å². The van der Waals surface area contributed by atoms with Crippen LogP contribution < -0.4 is 10.2 Å². The second-order valence-corrected chi connectivity index (χ2v) is 8.94. The van der Waals surface area contributed by atoms with Gasteiger partial charge in [0.15, 0.2) is 0 Å². The van der Waals surface area contributed by atoms with Crippen molar-refractivity contribution in [3.8, 4) is 0 Å². The zero-order valence-corrected chi connectivity index (χ0v) is 17.2. The van der Waals surface area contributed by atoms with Crippen molar-refractivity contribution < 1.29 is 9.18 Å². The first-order valence-electron chi connectivity index (χ1n) is 10.7. The molecule has 1 N–H and O–H groups in total. The number of fused-ring (bicyclic) bond motifs is 2. The molecule has 2 fully saturated rings. The summed E-state index contributed by atoms with van der Waals surface area (Å²) in [6.45, 7) is 2.78. The van der Waals surface area contributed by atoms with E-state index in [0.29, 0.717) is 5.56 Å². The smallest absolute Gasteiger partial charge is 0.252 e. The van der Waals surface area contributed by atoms with Gasteiger partial charge in [-0.15, -0.1) is 0 Å². The first-order chi connectivity index (χ1) is 15.0. The summed E-state index contributed by atoms with van der Waals surface area (Å²) in [7, 11) is 0. The number of aromatic nitrogens is 3. The van der Waals surface area contributed by atoms with Crippen LogP contribution in [0.3, 0.4) is 0 Å². The standard InChI is InChI=1S/C24H22FN5O/c1-15-26-13-8-20(27-15)30-14-23(9-10-23)21-18(30)6-7-19(28-21)24(11-12-24)29-22(31)16-2-4-17(25)5-3-16/h2-8,13H,9-12,14H2,1H3,(H,29,31). The van der Waals surface area contributed by atoms with Gasteiger partial charge in [-0.25, -0.2) is 14.4 Å². The van der Waals surface area contributed by atoms with E-state index >= 15 is 0 Å². The number of nitrogens with zero attached hydrogens (tertiary/aromatic N) is 4. The number of hydrogen-bond donors (Lipinski definition) is 1. The van der Waals surface area contributed by atoms with E-state index in [1.54, 1.807) is 6.20 Å². The average molecular weight is 415 g/mol. The van der Waals surface area contributed by atoms with Crippen LogP contribution in [0.1, 0.15) is 53.3 Å². The average Bonchev–Trinajstić information content (AvgIpc) is 3.68. The van der Waals surface area contributed by atoms with Crippen molar-refractivity contribution in [1.29, 1.82) is 0 Å². The van der Waals surface area contributed by atoms with E-state index in [2.05, 4.69) is 26.3 Å². The van der Waals surface area contributed by atoms with Crippen molar-refractivity contribution in [2.45, 2.75) is 43.6 Å². The maximum atomic E-state index is 13.2. The zero-order chi connectivity index (χ0) is 21.2. The van der Waals surface area contributed by atoms with E-state index in [-0.39, 0.29) is 17.1 Å². The van der Waals surface area contributed by atoms with Gasteiger partial charge in [-0.3, -0.25) is 9.78 Å². The van der Waals surface area contributed by atoms with Crippen LogP contribution in [0.2, 0.25) is 0 Å². The number of amides is 1. The fraction of sp³-hybridized carbons (Fsp3) is 0.333. The predicted octanol–water partition coefficient (Wildman–Crippen LogP) is 3.92. The molecule has 0 atom stereocenters. The van der Waals surface area contributed by atoms with Crippen molar-refractivity contribution in [1.82, 2.24) is 20.3 Å². The normalized spacial score (nSPS) is 19.2. The Morgan fingerprint density at radius 1 is 1.03 bits per heavy atom. The second-order valence-electron chi connectivity index (χ2n) is 8.94. The molecule has 6 rings (SSSR count). The highest BCUT2D eigenvalue weighted by molar-refractivity contribution is 5.95. The Morgan fingerprint density at radius 2 is 1.81 bits per heavy atom. The zero-order valence-electron chi connectivity index (χ0n) is 17.2. The third-order valence-electron chi connectivity index (χ3n) is 6.72. The van der Waals surface area contributed by atoms with E-state index in [9.17, 15) is 9.18 Å². The number of anilines is 2. The molecule has 1 amide bonds. The minimum absolute atomic E-state index is 0.0846. The Bertz CT molecular complexity index is 1200. The molecule has 1 aromatic carbocycles. The predicted molar refractivity (Wildman–Crippen MR) is 114 cm³/mol. The number of rotatable bonds is 4. The highest BCUT2D eigenvalue weighted by Crippen LogP contribution is 2.58. The molecule has 1 aliphatic heterocycles. The number of pyridine rings is 1. The summed E-state index contributed by atoms with van der Waals surface area (Å²) in [5.74, 6) is 1.11. The van der Waals surface area contributed by atoms with Crippen LogP contribution in [-0.4, -0.2) is 27.4 Å². The number of aryl methyl sites for hydroxylation is 1. The summed E-state index contributed by atoms with van der Waals surface area (Å²) in [6, 6.07) is 11.7. The van der Waals surface area contributed by atoms with Gasteiger partial charge >= 0.3 is 0 Å². The molecule has 3 heterocycles. The summed E-state index contributed by atoms with van der Waals surface area (Å²) in [4.78, 5) is 28.9. The fourth-order valence-corrected chi connectivity index (χ4v) is 4.59. The Balaban J connectivity index is 1.32. The molecule has 2 saturated carbocycles. The molecular weight excluding hydrogens is 393 g/mol. The molecule has 31 heavy (non-hydrogen) atoms. The van der Waals surface area contributed by atoms with Gasteiger partial charge in [-0.2, -0.15) is 0 Å². The monoisotopic (exact) mass is 415 g/mol. The Hall–Kier alpha value is -3.35. The first-order valence-corrected chi connectivity index (χ1v) is 10.7. The number of nitrogens with one attached hydrogen (secondary N) is 1. The summed E-state index contributed by atoms with van der Waals surface area (Å²) in [5, 5.41) is 3.15. The van der Waals surface area contributed by atoms with Crippen molar-refractivity contribution in [2.75, 3.05) is 11.4 Å². The molecule has 0 unspecified atom stereocenters. The summed E-state index contributed by atoms with van der Waals surface area (Å²) < 4.78 is 13.2. The van der Waals surface area contributed by atoms with Crippen LogP contribution in [0.5, 0.6) is 0 Å². The van der Waals surface area contributed by atoms with Gasteiger partial charge in [0.25, 0.3) is 5.91 Å². The van der Waals surface area contributed by atoms with Crippen molar-refractivity contribution >= 4 is 17.4 Å². The van der Waals surface area contributed by atoms with Crippen LogP contribution in [-0.2, 0) is 11.0 Å². The van der Waals surface area contributed by atoms with Crippen LogP contribution in [0, 0.1) is 12.7 Å². The molecule has 2 aliphatic carbocycles. The second kappa shape index (κ2) is 6.33. The summed E-state index contributed by atoms with van der Waals surface area (Å²) in [6.07, 6.45) is 5.74.